The lowest BCUT2D eigenvalue weighted by molar-refractivity contribution is -0.116. The lowest BCUT2D eigenvalue weighted by Gasteiger charge is -2.21. The second-order valence-electron chi connectivity index (χ2n) is 5.74. The van der Waals surface area contributed by atoms with Crippen molar-refractivity contribution in [2.45, 2.75) is 38.1 Å². The number of hydrogen-bond donors (Lipinski definition) is 3. The van der Waals surface area contributed by atoms with Crippen molar-refractivity contribution in [3.05, 3.63) is 24.0 Å². The van der Waals surface area contributed by atoms with Crippen LogP contribution in [0.4, 0.5) is 15.8 Å². The van der Waals surface area contributed by atoms with E-state index in [0.717, 1.165) is 19.4 Å². The number of nitrogen functional groups attached to an aromatic ring is 1. The lowest BCUT2D eigenvalue weighted by atomic mass is 10.2. The number of carbonyl (C=O) groups excluding carboxylic acids is 1. The minimum atomic E-state index is -0.482. The number of nitrogens with zero attached hydrogens (tertiary/aromatic N) is 1. The van der Waals surface area contributed by atoms with Crippen LogP contribution in [0.2, 0.25) is 0 Å². The van der Waals surface area contributed by atoms with Crippen LogP contribution >= 0.6 is 0 Å². The molecule has 5 nitrogen and oxygen atoms in total. The number of nitrogens with one attached hydrogen (secondary N) is 1. The highest BCUT2D eigenvalue weighted by molar-refractivity contribution is 5.91. The van der Waals surface area contributed by atoms with Gasteiger partial charge in [-0.3, -0.25) is 9.69 Å². The predicted molar refractivity (Wildman–Crippen MR) is 85.0 cm³/mol. The Hall–Kier alpha value is -1.66. The summed E-state index contributed by atoms with van der Waals surface area (Å²) in [5, 5.41) is 11.4. The molecule has 1 aromatic rings. The van der Waals surface area contributed by atoms with E-state index in [1.54, 1.807) is 0 Å². The van der Waals surface area contributed by atoms with Gasteiger partial charge in [-0.25, -0.2) is 4.39 Å². The first-order valence-corrected chi connectivity index (χ1v) is 7.80. The van der Waals surface area contributed by atoms with Crippen LogP contribution in [0.1, 0.15) is 32.1 Å². The highest BCUT2D eigenvalue weighted by Gasteiger charge is 2.28. The van der Waals surface area contributed by atoms with Gasteiger partial charge in [0.1, 0.15) is 5.82 Å². The van der Waals surface area contributed by atoms with E-state index in [1.807, 2.05) is 0 Å². The van der Waals surface area contributed by atoms with Crippen LogP contribution in [0.3, 0.4) is 0 Å². The fourth-order valence-corrected chi connectivity index (χ4v) is 2.44. The number of anilines is 2. The Kier molecular flexibility index (Phi) is 6.15. The van der Waals surface area contributed by atoms with Gasteiger partial charge in [0, 0.05) is 31.3 Å². The topological polar surface area (TPSA) is 78.6 Å². The molecule has 2 rings (SSSR count). The first kappa shape index (κ1) is 16.7. The van der Waals surface area contributed by atoms with Crippen LogP contribution in [0.25, 0.3) is 0 Å². The Balaban J connectivity index is 1.79. The fourth-order valence-electron chi connectivity index (χ4n) is 2.44. The monoisotopic (exact) mass is 309 g/mol. The maximum atomic E-state index is 13.6. The van der Waals surface area contributed by atoms with Gasteiger partial charge < -0.3 is 16.2 Å². The Morgan fingerprint density at radius 3 is 2.82 bits per heavy atom. The zero-order valence-corrected chi connectivity index (χ0v) is 12.7. The van der Waals surface area contributed by atoms with Crippen molar-refractivity contribution in [1.82, 2.24) is 4.90 Å². The summed E-state index contributed by atoms with van der Waals surface area (Å²) in [5.74, 6) is -0.693. The van der Waals surface area contributed by atoms with Gasteiger partial charge >= 0.3 is 0 Å². The van der Waals surface area contributed by atoms with E-state index < -0.39 is 5.82 Å². The number of aliphatic hydroxyl groups is 1. The number of benzene rings is 1. The molecule has 0 spiro atoms. The molecule has 0 saturated heterocycles. The molecule has 4 N–H and O–H groups in total. The number of hydrogen-bond acceptors (Lipinski definition) is 4. The number of carbonyl (C=O) groups is 1. The van der Waals surface area contributed by atoms with E-state index in [0.29, 0.717) is 24.7 Å². The molecule has 1 aliphatic rings. The molecule has 1 fully saturated rings. The molecule has 0 aliphatic heterocycles. The number of aliphatic hydroxyl groups excluding tert-OH is 1. The molecule has 22 heavy (non-hydrogen) atoms. The van der Waals surface area contributed by atoms with Gasteiger partial charge in [-0.1, -0.05) is 0 Å². The SMILES string of the molecule is Nc1ccc(F)c(NC(=O)CCN(CCCCO)C2CC2)c1. The van der Waals surface area contributed by atoms with Crippen molar-refractivity contribution in [2.75, 3.05) is 30.7 Å². The smallest absolute Gasteiger partial charge is 0.225 e. The van der Waals surface area contributed by atoms with E-state index in [4.69, 9.17) is 10.8 Å². The van der Waals surface area contributed by atoms with Crippen LogP contribution in [-0.2, 0) is 4.79 Å². The molecular weight excluding hydrogens is 285 g/mol. The maximum Gasteiger partial charge on any atom is 0.225 e. The first-order chi connectivity index (χ1) is 10.6. The fraction of sp³-hybridized carbons (Fsp3) is 0.562. The average Bonchev–Trinajstić information content (AvgIpc) is 3.31. The van der Waals surface area contributed by atoms with Crippen molar-refractivity contribution < 1.29 is 14.3 Å². The van der Waals surface area contributed by atoms with Crippen LogP contribution in [-0.4, -0.2) is 41.7 Å². The van der Waals surface area contributed by atoms with Gasteiger partial charge in [0.15, 0.2) is 0 Å². The molecule has 0 aromatic heterocycles. The third-order valence-corrected chi connectivity index (χ3v) is 3.81. The quantitative estimate of drug-likeness (QED) is 0.481. The molecule has 1 aliphatic carbocycles. The standard InChI is InChI=1S/C16H24FN3O2/c17-14-6-3-12(18)11-15(14)19-16(22)7-9-20(13-4-5-13)8-1-2-10-21/h3,6,11,13,21H,1-2,4-5,7-10,18H2,(H,19,22). The van der Waals surface area contributed by atoms with Gasteiger partial charge in [0.05, 0.1) is 5.69 Å². The summed E-state index contributed by atoms with van der Waals surface area (Å²) in [6, 6.07) is 4.69. The summed E-state index contributed by atoms with van der Waals surface area (Å²) < 4.78 is 13.6. The largest absolute Gasteiger partial charge is 0.399 e. The van der Waals surface area contributed by atoms with Crippen molar-refractivity contribution >= 4 is 17.3 Å². The second-order valence-corrected chi connectivity index (χ2v) is 5.74. The number of amides is 1. The molecular formula is C16H24FN3O2. The normalized spacial score (nSPS) is 14.3. The number of halogens is 1. The minimum absolute atomic E-state index is 0.128. The number of rotatable bonds is 9. The van der Waals surface area contributed by atoms with E-state index in [2.05, 4.69) is 10.2 Å². The number of nitrogens with two attached hydrogens (primary N) is 1. The summed E-state index contributed by atoms with van der Waals surface area (Å²) in [7, 11) is 0. The molecule has 6 heteroatoms. The average molecular weight is 309 g/mol. The molecule has 0 atom stereocenters. The van der Waals surface area contributed by atoms with Gasteiger partial charge in [0.2, 0.25) is 5.91 Å². The Bertz CT molecular complexity index is 506. The highest BCUT2D eigenvalue weighted by Crippen LogP contribution is 2.27. The summed E-state index contributed by atoms with van der Waals surface area (Å²) in [4.78, 5) is 14.3. The van der Waals surface area contributed by atoms with Crippen molar-refractivity contribution in [3.8, 4) is 0 Å². The van der Waals surface area contributed by atoms with Crippen molar-refractivity contribution in [2.24, 2.45) is 0 Å². The third-order valence-electron chi connectivity index (χ3n) is 3.81. The van der Waals surface area contributed by atoms with E-state index in [1.165, 1.54) is 31.0 Å². The molecule has 0 bridgehead atoms. The molecule has 1 aromatic carbocycles. The van der Waals surface area contributed by atoms with Crippen molar-refractivity contribution in [1.29, 1.82) is 0 Å². The predicted octanol–water partition coefficient (Wildman–Crippen LogP) is 1.97. The van der Waals surface area contributed by atoms with E-state index in [-0.39, 0.29) is 18.2 Å². The summed E-state index contributed by atoms with van der Waals surface area (Å²) in [6.07, 6.45) is 4.38. The highest BCUT2D eigenvalue weighted by atomic mass is 19.1. The zero-order chi connectivity index (χ0) is 15.9. The molecule has 122 valence electrons. The minimum Gasteiger partial charge on any atom is -0.399 e. The van der Waals surface area contributed by atoms with Crippen LogP contribution < -0.4 is 11.1 Å². The third kappa shape index (κ3) is 5.27. The van der Waals surface area contributed by atoms with E-state index >= 15 is 0 Å². The van der Waals surface area contributed by atoms with Gasteiger partial charge in [-0.05, 0) is 50.4 Å². The molecule has 1 amide bonds. The van der Waals surface area contributed by atoms with Crippen molar-refractivity contribution in [3.63, 3.8) is 0 Å². The van der Waals surface area contributed by atoms with Crippen LogP contribution in [0.5, 0.6) is 0 Å². The van der Waals surface area contributed by atoms with Gasteiger partial charge in [-0.15, -0.1) is 0 Å². The Morgan fingerprint density at radius 2 is 2.14 bits per heavy atom. The zero-order valence-electron chi connectivity index (χ0n) is 12.7. The summed E-state index contributed by atoms with van der Waals surface area (Å²) in [5.41, 5.74) is 6.14. The van der Waals surface area contributed by atoms with E-state index in [9.17, 15) is 9.18 Å². The van der Waals surface area contributed by atoms with Gasteiger partial charge in [-0.2, -0.15) is 0 Å². The summed E-state index contributed by atoms with van der Waals surface area (Å²) in [6.45, 7) is 1.75. The second kappa shape index (κ2) is 8.10. The maximum absolute atomic E-state index is 13.6. The molecule has 0 radical (unpaired) electrons. The molecule has 1 saturated carbocycles. The first-order valence-electron chi connectivity index (χ1n) is 7.80. The molecule has 0 heterocycles. The summed E-state index contributed by atoms with van der Waals surface area (Å²) >= 11 is 0. The van der Waals surface area contributed by atoms with Crippen LogP contribution in [0, 0.1) is 5.82 Å². The number of unbranched alkanes of at least 4 members (excludes halogenated alkanes) is 1. The Labute approximate surface area is 130 Å². The lowest BCUT2D eigenvalue weighted by Crippen LogP contribution is -2.31. The van der Waals surface area contributed by atoms with Crippen LogP contribution in [0.15, 0.2) is 18.2 Å². The van der Waals surface area contributed by atoms with Gasteiger partial charge in [0.25, 0.3) is 0 Å². The molecule has 0 unspecified atom stereocenters. The Morgan fingerprint density at radius 1 is 1.36 bits per heavy atom.